The molecule has 2 aromatic rings. The van der Waals surface area contributed by atoms with E-state index in [0.29, 0.717) is 34.7 Å². The number of aromatic nitrogens is 2. The van der Waals surface area contributed by atoms with Crippen molar-refractivity contribution < 1.29 is 19.0 Å². The minimum absolute atomic E-state index is 0.0518. The van der Waals surface area contributed by atoms with Crippen LogP contribution in [0.25, 0.3) is 5.70 Å². The van der Waals surface area contributed by atoms with Crippen LogP contribution in [-0.4, -0.2) is 26.6 Å². The number of carboxylic acid groups (broad SMARTS) is 1. The normalized spacial score (nSPS) is 12.6. The number of ether oxygens (including phenoxy) is 1. The van der Waals surface area contributed by atoms with Gasteiger partial charge in [0.05, 0.1) is 23.0 Å². The number of nitrogens with one attached hydrogen (secondary N) is 1. The quantitative estimate of drug-likeness (QED) is 0.169. The number of carbonyl (C=O) groups is 1. The van der Waals surface area contributed by atoms with E-state index in [9.17, 15) is 14.3 Å². The third kappa shape index (κ3) is 9.85. The Balaban J connectivity index is 0.00000352. The van der Waals surface area contributed by atoms with Crippen LogP contribution in [0.4, 0.5) is 4.39 Å². The summed E-state index contributed by atoms with van der Waals surface area (Å²) in [5, 5.41) is 22.1. The molecule has 2 rings (SSSR count). The lowest BCUT2D eigenvalue weighted by atomic mass is 10.1. The highest BCUT2D eigenvalue weighted by molar-refractivity contribution is 6.11. The Labute approximate surface area is 224 Å². The van der Waals surface area contributed by atoms with Crippen LogP contribution in [0.2, 0.25) is 0 Å². The van der Waals surface area contributed by atoms with Crippen LogP contribution in [0.1, 0.15) is 55.9 Å². The molecule has 0 amide bonds. The molecule has 6 nitrogen and oxygen atoms in total. The second kappa shape index (κ2) is 16.3. The van der Waals surface area contributed by atoms with E-state index in [4.69, 9.17) is 10.1 Å². The molecule has 0 unspecified atom stereocenters. The average molecular weight is 518 g/mol. The molecule has 7 heteroatoms. The van der Waals surface area contributed by atoms with E-state index < -0.39 is 11.8 Å². The molecule has 0 bridgehead atoms. The van der Waals surface area contributed by atoms with Crippen molar-refractivity contribution in [1.82, 2.24) is 9.78 Å². The Morgan fingerprint density at radius 2 is 1.84 bits per heavy atom. The first-order chi connectivity index (χ1) is 18.2. The largest absolute Gasteiger partial charge is 0.476 e. The van der Waals surface area contributed by atoms with Gasteiger partial charge < -0.3 is 15.3 Å². The third-order valence-corrected chi connectivity index (χ3v) is 4.88. The molecular weight excluding hydrogens is 481 g/mol. The van der Waals surface area contributed by atoms with Crippen molar-refractivity contribution >= 4 is 17.4 Å². The number of rotatable bonds is 12. The number of benzene rings is 1. The maximum atomic E-state index is 13.2. The van der Waals surface area contributed by atoms with Gasteiger partial charge in [-0.2, -0.15) is 5.10 Å². The lowest BCUT2D eigenvalue weighted by Gasteiger charge is -2.13. The summed E-state index contributed by atoms with van der Waals surface area (Å²) in [5.41, 5.74) is 2.03. The maximum absolute atomic E-state index is 13.2. The highest BCUT2D eigenvalue weighted by Crippen LogP contribution is 2.24. The fraction of sp³-hybridized carbons (Fsp3) is 0.194. The fourth-order valence-corrected chi connectivity index (χ4v) is 3.11. The summed E-state index contributed by atoms with van der Waals surface area (Å²) in [6, 6.07) is 8.60. The topological polar surface area (TPSA) is 88.2 Å². The van der Waals surface area contributed by atoms with Crippen LogP contribution in [0.5, 0.6) is 5.75 Å². The van der Waals surface area contributed by atoms with Gasteiger partial charge in [-0.3, -0.25) is 0 Å². The number of hydrogen-bond acceptors (Lipinski definition) is 4. The van der Waals surface area contributed by atoms with E-state index in [1.807, 2.05) is 39.0 Å². The van der Waals surface area contributed by atoms with E-state index in [1.165, 1.54) is 42.0 Å². The Morgan fingerprint density at radius 3 is 2.37 bits per heavy atom. The van der Waals surface area contributed by atoms with Gasteiger partial charge in [0.2, 0.25) is 0 Å². The summed E-state index contributed by atoms with van der Waals surface area (Å²) in [6.45, 7) is 16.2. The van der Waals surface area contributed by atoms with Gasteiger partial charge in [-0.15, -0.1) is 0 Å². The second-order valence-corrected chi connectivity index (χ2v) is 7.75. The van der Waals surface area contributed by atoms with Crippen molar-refractivity contribution in [2.75, 3.05) is 0 Å². The van der Waals surface area contributed by atoms with Crippen LogP contribution in [0.15, 0.2) is 109 Å². The maximum Gasteiger partial charge on any atom is 0.356 e. The van der Waals surface area contributed by atoms with Crippen molar-refractivity contribution in [3.05, 3.63) is 126 Å². The van der Waals surface area contributed by atoms with E-state index in [2.05, 4.69) is 18.3 Å². The molecule has 1 aromatic carbocycles. The fourth-order valence-electron chi connectivity index (χ4n) is 3.11. The van der Waals surface area contributed by atoms with Gasteiger partial charge in [-0.25, -0.2) is 13.9 Å². The van der Waals surface area contributed by atoms with Gasteiger partial charge in [0.25, 0.3) is 0 Å². The molecule has 38 heavy (non-hydrogen) atoms. The van der Waals surface area contributed by atoms with Gasteiger partial charge >= 0.3 is 5.97 Å². The minimum Gasteiger partial charge on any atom is -0.476 e. The molecule has 1 heterocycles. The summed E-state index contributed by atoms with van der Waals surface area (Å²) in [7, 11) is 0. The summed E-state index contributed by atoms with van der Waals surface area (Å²) < 4.78 is 20.5. The standard InChI is InChI=1S/C29H30FN3O3.C2H6/c1-6-8-9-10-11-22(5)36-25-16-14-24(15-17-25)28(33-21(4)18-27(32-33)29(34)35)19-26(31)23(7-2)13-12-20(3)30;1-2/h6-9,11-19,31H,1-2,10H2,3-5H3,(H,34,35);1-2H3/b9-8-,20-12+,22-11+,23-13+,28-19-,31-26?;. The van der Waals surface area contributed by atoms with Crippen molar-refractivity contribution in [3.63, 3.8) is 0 Å². The zero-order valence-electron chi connectivity index (χ0n) is 22.7. The Kier molecular flexibility index (Phi) is 13.5. The Morgan fingerprint density at radius 1 is 1.18 bits per heavy atom. The predicted octanol–water partition coefficient (Wildman–Crippen LogP) is 8.23. The summed E-state index contributed by atoms with van der Waals surface area (Å²) >= 11 is 0. The Hall–Kier alpha value is -4.52. The molecule has 0 aliphatic heterocycles. The van der Waals surface area contributed by atoms with Crippen molar-refractivity contribution in [3.8, 4) is 5.75 Å². The number of aryl methyl sites for hydroxylation is 1. The van der Waals surface area contributed by atoms with Gasteiger partial charge in [0, 0.05) is 11.3 Å². The first kappa shape index (κ1) is 31.5. The van der Waals surface area contributed by atoms with Crippen molar-refractivity contribution in [1.29, 1.82) is 5.41 Å². The number of hydrogen-bond donors (Lipinski definition) is 2. The number of allylic oxidation sites excluding steroid dienone is 11. The third-order valence-electron chi connectivity index (χ3n) is 4.88. The zero-order valence-corrected chi connectivity index (χ0v) is 22.7. The predicted molar refractivity (Wildman–Crippen MR) is 154 cm³/mol. The lowest BCUT2D eigenvalue weighted by molar-refractivity contribution is 0.0690. The van der Waals surface area contributed by atoms with Crippen molar-refractivity contribution in [2.24, 2.45) is 0 Å². The Bertz CT molecular complexity index is 1290. The molecule has 0 aliphatic rings. The average Bonchev–Trinajstić information content (AvgIpc) is 3.28. The van der Waals surface area contributed by atoms with Gasteiger partial charge in [0.1, 0.15) is 5.75 Å². The molecule has 2 N–H and O–H groups in total. The van der Waals surface area contributed by atoms with Crippen LogP contribution >= 0.6 is 0 Å². The SMILES string of the molecule is C=C/C=C\C/C=C(\C)Oc1ccc(/C(=C/C(=N)/C(C=C)=C/C=C(\C)F)n2nc(C(=O)O)cc2C)cc1.CC. The molecule has 0 aliphatic carbocycles. The van der Waals surface area contributed by atoms with Crippen LogP contribution in [0, 0.1) is 12.3 Å². The van der Waals surface area contributed by atoms with Crippen LogP contribution in [-0.2, 0) is 0 Å². The van der Waals surface area contributed by atoms with E-state index >= 15 is 0 Å². The molecule has 0 saturated heterocycles. The monoisotopic (exact) mass is 517 g/mol. The number of aromatic carboxylic acids is 1. The van der Waals surface area contributed by atoms with E-state index in [-0.39, 0.29) is 11.4 Å². The first-order valence-corrected chi connectivity index (χ1v) is 12.2. The number of carboxylic acids is 1. The first-order valence-electron chi connectivity index (χ1n) is 12.2. The second-order valence-electron chi connectivity index (χ2n) is 7.75. The molecule has 0 spiro atoms. The zero-order chi connectivity index (χ0) is 28.7. The van der Waals surface area contributed by atoms with Crippen molar-refractivity contribution in [2.45, 2.75) is 41.0 Å². The molecule has 200 valence electrons. The molecule has 0 atom stereocenters. The van der Waals surface area contributed by atoms with E-state index in [1.54, 1.807) is 37.3 Å². The molecule has 0 fully saturated rings. The molecule has 0 radical (unpaired) electrons. The van der Waals surface area contributed by atoms with Gasteiger partial charge in [-0.1, -0.05) is 57.4 Å². The number of nitrogens with zero attached hydrogens (tertiary/aromatic N) is 2. The van der Waals surface area contributed by atoms with E-state index in [0.717, 1.165) is 5.76 Å². The molecule has 1 aromatic heterocycles. The van der Waals surface area contributed by atoms with Gasteiger partial charge in [0.15, 0.2) is 5.69 Å². The lowest BCUT2D eigenvalue weighted by Crippen LogP contribution is -2.08. The highest BCUT2D eigenvalue weighted by Gasteiger charge is 2.16. The summed E-state index contributed by atoms with van der Waals surface area (Å²) in [4.78, 5) is 11.5. The molecule has 0 saturated carbocycles. The van der Waals surface area contributed by atoms with Crippen LogP contribution < -0.4 is 4.74 Å². The summed E-state index contributed by atoms with van der Waals surface area (Å²) in [5.74, 6) is -0.208. The van der Waals surface area contributed by atoms with Gasteiger partial charge in [-0.05, 0) is 81.3 Å². The smallest absolute Gasteiger partial charge is 0.356 e. The highest BCUT2D eigenvalue weighted by atomic mass is 19.1. The summed E-state index contributed by atoms with van der Waals surface area (Å²) in [6.07, 6.45) is 13.9. The number of halogens is 1. The minimum atomic E-state index is -1.16. The van der Waals surface area contributed by atoms with Crippen LogP contribution in [0.3, 0.4) is 0 Å². The molecular formula is C31H36FN3O3.